The van der Waals surface area contributed by atoms with Gasteiger partial charge in [0, 0.05) is 26.2 Å². The summed E-state index contributed by atoms with van der Waals surface area (Å²) in [6.45, 7) is 1.87. The van der Waals surface area contributed by atoms with Crippen LogP contribution >= 0.6 is 0 Å². The van der Waals surface area contributed by atoms with Crippen LogP contribution in [0.15, 0.2) is 60.7 Å². The molecule has 4 bridgehead atoms. The third kappa shape index (κ3) is 3.70. The average molecular weight is 603 g/mol. The SMILES string of the molecule is Oc1ccc(C(c2ccc(O)c(N3CC4C5C=CC(C5)C4C3)c2)(C(F)(F)F)C(F)(F)F)cc1N1CC2C3C=CC(C3)C2C1. The zero-order valence-corrected chi connectivity index (χ0v) is 23.2. The summed E-state index contributed by atoms with van der Waals surface area (Å²) in [7, 11) is 0. The van der Waals surface area contributed by atoms with Crippen molar-refractivity contribution in [2.24, 2.45) is 47.3 Å². The van der Waals surface area contributed by atoms with Crippen molar-refractivity contribution < 1.29 is 36.6 Å². The topological polar surface area (TPSA) is 46.9 Å². The van der Waals surface area contributed by atoms with Crippen molar-refractivity contribution in [3.8, 4) is 11.5 Å². The lowest BCUT2D eigenvalue weighted by Crippen LogP contribution is -2.54. The van der Waals surface area contributed by atoms with Gasteiger partial charge in [-0.15, -0.1) is 0 Å². The lowest BCUT2D eigenvalue weighted by molar-refractivity contribution is -0.288. The summed E-state index contributed by atoms with van der Waals surface area (Å²) in [5, 5.41) is 21.5. The number of fused-ring (bicyclic) bond motifs is 10. The second-order valence-electron chi connectivity index (χ2n) is 13.5. The highest BCUT2D eigenvalue weighted by Gasteiger charge is 2.73. The van der Waals surface area contributed by atoms with Gasteiger partial charge in [-0.3, -0.25) is 0 Å². The smallest absolute Gasteiger partial charge is 0.411 e. The Hall–Kier alpha value is -3.30. The number of hydrogen-bond acceptors (Lipinski definition) is 4. The Balaban J connectivity index is 1.21. The van der Waals surface area contributed by atoms with Crippen LogP contribution in [-0.2, 0) is 5.41 Å². The number of phenols is 2. The Labute approximate surface area is 245 Å². The minimum atomic E-state index is -5.77. The van der Waals surface area contributed by atoms with Crippen LogP contribution in [0.5, 0.6) is 11.5 Å². The van der Waals surface area contributed by atoms with Crippen LogP contribution < -0.4 is 9.80 Å². The van der Waals surface area contributed by atoms with Crippen molar-refractivity contribution in [3.63, 3.8) is 0 Å². The number of allylic oxidation sites excluding steroid dienone is 4. The third-order valence-corrected chi connectivity index (χ3v) is 11.7. The Morgan fingerprint density at radius 3 is 1.16 bits per heavy atom. The van der Waals surface area contributed by atoms with Gasteiger partial charge in [0.25, 0.3) is 0 Å². The van der Waals surface area contributed by atoms with E-state index >= 15 is 26.3 Å². The van der Waals surface area contributed by atoms with Crippen LogP contribution in [0.4, 0.5) is 37.7 Å². The van der Waals surface area contributed by atoms with Crippen LogP contribution in [0.1, 0.15) is 24.0 Å². The summed E-state index contributed by atoms with van der Waals surface area (Å²) >= 11 is 0. The molecule has 0 amide bonds. The van der Waals surface area contributed by atoms with Crippen LogP contribution in [0.3, 0.4) is 0 Å². The molecule has 8 rings (SSSR count). The van der Waals surface area contributed by atoms with E-state index in [1.54, 1.807) is 9.80 Å². The van der Waals surface area contributed by atoms with Crippen molar-refractivity contribution in [2.45, 2.75) is 30.6 Å². The summed E-state index contributed by atoms with van der Waals surface area (Å²) in [4.78, 5) is 3.48. The number of anilines is 2. The van der Waals surface area contributed by atoms with Crippen molar-refractivity contribution in [1.82, 2.24) is 0 Å². The number of halogens is 6. The molecule has 4 nitrogen and oxygen atoms in total. The van der Waals surface area contributed by atoms with Gasteiger partial charge in [0.15, 0.2) is 0 Å². The Bertz CT molecular complexity index is 1380. The summed E-state index contributed by atoms with van der Waals surface area (Å²) in [5.74, 6) is 1.75. The fraction of sp³-hybridized carbons (Fsp3) is 0.515. The molecule has 43 heavy (non-hydrogen) atoms. The van der Waals surface area contributed by atoms with Gasteiger partial charge in [0.1, 0.15) is 11.5 Å². The quantitative estimate of drug-likeness (QED) is 0.292. The van der Waals surface area contributed by atoms with Gasteiger partial charge in [-0.2, -0.15) is 26.3 Å². The Morgan fingerprint density at radius 2 is 0.860 bits per heavy atom. The molecule has 2 aromatic rings. The first-order chi connectivity index (χ1) is 20.4. The fourth-order valence-electron chi connectivity index (χ4n) is 9.70. The van der Waals surface area contributed by atoms with Gasteiger partial charge < -0.3 is 20.0 Å². The first-order valence-corrected chi connectivity index (χ1v) is 15.0. The molecule has 8 atom stereocenters. The monoisotopic (exact) mass is 602 g/mol. The number of aromatic hydroxyl groups is 2. The highest BCUT2D eigenvalue weighted by molar-refractivity contribution is 5.66. The second-order valence-corrected chi connectivity index (χ2v) is 13.5. The number of phenolic OH excluding ortho intramolecular Hbond substituents is 2. The second kappa shape index (κ2) is 8.88. The molecule has 2 N–H and O–H groups in total. The molecule has 6 aliphatic rings. The maximum Gasteiger partial charge on any atom is 0.411 e. The van der Waals surface area contributed by atoms with Gasteiger partial charge in [-0.05, 0) is 95.6 Å². The molecule has 2 aromatic carbocycles. The molecule has 2 heterocycles. The fourth-order valence-corrected chi connectivity index (χ4v) is 9.70. The molecule has 4 aliphatic carbocycles. The highest BCUT2D eigenvalue weighted by atomic mass is 19.4. The van der Waals surface area contributed by atoms with Gasteiger partial charge in [0.2, 0.25) is 5.41 Å². The lowest BCUT2D eigenvalue weighted by Gasteiger charge is -2.39. The molecule has 2 aliphatic heterocycles. The van der Waals surface area contributed by atoms with Gasteiger partial charge in [-0.1, -0.05) is 36.4 Å². The molecule has 0 radical (unpaired) electrons. The Kier molecular flexibility index (Phi) is 5.63. The summed E-state index contributed by atoms with van der Waals surface area (Å²) in [6, 6.07) is 5.12. The predicted molar refractivity (Wildman–Crippen MR) is 149 cm³/mol. The molecule has 228 valence electrons. The summed E-state index contributed by atoms with van der Waals surface area (Å²) < 4.78 is 91.0. The minimum Gasteiger partial charge on any atom is -0.506 e. The van der Waals surface area contributed by atoms with Crippen molar-refractivity contribution >= 4 is 11.4 Å². The molecule has 8 unspecified atom stereocenters. The van der Waals surface area contributed by atoms with E-state index in [1.165, 1.54) is 0 Å². The maximum absolute atomic E-state index is 15.2. The average Bonchev–Trinajstić information content (AvgIpc) is 3.76. The highest BCUT2D eigenvalue weighted by Crippen LogP contribution is 2.59. The molecule has 10 heteroatoms. The van der Waals surface area contributed by atoms with Crippen molar-refractivity contribution in [3.05, 3.63) is 71.8 Å². The molecule has 4 fully saturated rings. The number of benzene rings is 2. The lowest BCUT2D eigenvalue weighted by atomic mass is 9.72. The summed E-state index contributed by atoms with van der Waals surface area (Å²) in [5.41, 5.74) is -6.42. The van der Waals surface area contributed by atoms with Gasteiger partial charge in [-0.25, -0.2) is 0 Å². The van der Waals surface area contributed by atoms with Crippen LogP contribution in [-0.4, -0.2) is 48.7 Å². The standard InChI is InChI=1S/C33H32F6N2O2/c34-32(35,36)31(33(37,38)39,21-5-7-29(42)27(11-21)40-13-23-17-1-2-18(9-17)24(23)14-40)22-6-8-30(43)28(12-22)41-15-25-19-3-4-20(10-19)26(25)16-41/h1-8,11-12,17-20,23-26,42-43H,9-10,13-16H2. The first kappa shape index (κ1) is 27.3. The molecule has 2 saturated carbocycles. The zero-order chi connectivity index (χ0) is 30.1. The predicted octanol–water partition coefficient (Wildman–Crippen LogP) is 7.03. The zero-order valence-electron chi connectivity index (χ0n) is 23.2. The molecular formula is C33H32F6N2O2. The molecule has 2 saturated heterocycles. The van der Waals surface area contributed by atoms with E-state index in [2.05, 4.69) is 24.3 Å². The third-order valence-electron chi connectivity index (χ3n) is 11.7. The van der Waals surface area contributed by atoms with Crippen LogP contribution in [0, 0.1) is 47.3 Å². The largest absolute Gasteiger partial charge is 0.506 e. The van der Waals surface area contributed by atoms with Crippen molar-refractivity contribution in [2.75, 3.05) is 36.0 Å². The van der Waals surface area contributed by atoms with E-state index in [9.17, 15) is 10.2 Å². The van der Waals surface area contributed by atoms with Crippen molar-refractivity contribution in [1.29, 1.82) is 0 Å². The van der Waals surface area contributed by atoms with E-state index in [0.29, 0.717) is 49.9 Å². The number of hydrogen-bond donors (Lipinski definition) is 2. The van der Waals surface area contributed by atoms with Crippen LogP contribution in [0.2, 0.25) is 0 Å². The van der Waals surface area contributed by atoms with E-state index < -0.39 is 28.9 Å². The molecule has 0 spiro atoms. The normalized spacial score (nSPS) is 34.1. The summed E-state index contributed by atoms with van der Waals surface area (Å²) in [6.07, 6.45) is -0.879. The van der Waals surface area contributed by atoms with E-state index in [4.69, 9.17) is 0 Å². The van der Waals surface area contributed by atoms with E-state index in [1.807, 2.05) is 0 Å². The van der Waals surface area contributed by atoms with Gasteiger partial charge >= 0.3 is 12.4 Å². The minimum absolute atomic E-state index is 0.0153. The van der Waals surface area contributed by atoms with Gasteiger partial charge in [0.05, 0.1) is 11.4 Å². The van der Waals surface area contributed by atoms with E-state index in [0.717, 1.165) is 49.2 Å². The molecular weight excluding hydrogens is 570 g/mol. The number of alkyl halides is 6. The molecule has 0 aromatic heterocycles. The first-order valence-electron chi connectivity index (χ1n) is 15.0. The Morgan fingerprint density at radius 1 is 0.535 bits per heavy atom. The van der Waals surface area contributed by atoms with Crippen LogP contribution in [0.25, 0.3) is 0 Å². The number of nitrogens with zero attached hydrogens (tertiary/aromatic N) is 2. The van der Waals surface area contributed by atoms with E-state index in [-0.39, 0.29) is 46.5 Å². The maximum atomic E-state index is 15.2. The number of rotatable bonds is 4.